The molecule has 0 aliphatic heterocycles. The van der Waals surface area contributed by atoms with Crippen LogP contribution in [-0.4, -0.2) is 34.4 Å². The number of hydrogen-bond acceptors (Lipinski definition) is 4. The van der Waals surface area contributed by atoms with Crippen molar-refractivity contribution < 1.29 is 31.9 Å². The van der Waals surface area contributed by atoms with Crippen LogP contribution in [0, 0.1) is 29.5 Å². The topological polar surface area (TPSA) is 104 Å². The minimum absolute atomic E-state index is 0.0771. The summed E-state index contributed by atoms with van der Waals surface area (Å²) in [7, 11) is 1.40. The summed E-state index contributed by atoms with van der Waals surface area (Å²) in [6.07, 6.45) is -4.96. The fourth-order valence-electron chi connectivity index (χ4n) is 3.44. The fraction of sp³-hybridized carbons (Fsp3) is 0.391. The highest BCUT2D eigenvalue weighted by Crippen LogP contribution is 2.43. The van der Waals surface area contributed by atoms with Crippen molar-refractivity contribution in [3.63, 3.8) is 0 Å². The van der Waals surface area contributed by atoms with Gasteiger partial charge in [-0.05, 0) is 45.4 Å². The molecule has 1 aromatic carbocycles. The molecule has 7 nitrogen and oxygen atoms in total. The van der Waals surface area contributed by atoms with Gasteiger partial charge in [0.15, 0.2) is 0 Å². The van der Waals surface area contributed by atoms with Crippen LogP contribution >= 0.6 is 11.6 Å². The van der Waals surface area contributed by atoms with Gasteiger partial charge in [-0.2, -0.15) is 18.4 Å². The van der Waals surface area contributed by atoms with Crippen molar-refractivity contribution in [3.8, 4) is 6.07 Å². The Morgan fingerprint density at radius 1 is 1.26 bits per heavy atom. The molecule has 0 saturated carbocycles. The maximum absolute atomic E-state index is 13.5. The Kier molecular flexibility index (Phi) is 8.02. The molecule has 2 N–H and O–H groups in total. The lowest BCUT2D eigenvalue weighted by Gasteiger charge is -2.36. The molecule has 2 amide bonds. The van der Waals surface area contributed by atoms with Crippen LogP contribution in [0.15, 0.2) is 18.2 Å². The van der Waals surface area contributed by atoms with Gasteiger partial charge >= 0.3 is 6.18 Å². The van der Waals surface area contributed by atoms with Crippen LogP contribution in [-0.2, 0) is 11.8 Å². The molecular formula is C23H23ClF4N4O3. The molecule has 0 bridgehead atoms. The second-order valence-electron chi connectivity index (χ2n) is 8.24. The predicted octanol–water partition coefficient (Wildman–Crippen LogP) is 4.92. The summed E-state index contributed by atoms with van der Waals surface area (Å²) in [4.78, 5) is 38.2. The first-order chi connectivity index (χ1) is 16.1. The average molecular weight is 515 g/mol. The summed E-state index contributed by atoms with van der Waals surface area (Å²) < 4.78 is 55.3. The van der Waals surface area contributed by atoms with Crippen molar-refractivity contribution >= 4 is 34.9 Å². The highest BCUT2D eigenvalue weighted by atomic mass is 35.5. The van der Waals surface area contributed by atoms with E-state index in [2.05, 4.69) is 10.6 Å². The van der Waals surface area contributed by atoms with E-state index in [1.807, 2.05) is 0 Å². The fourth-order valence-corrected chi connectivity index (χ4v) is 3.88. The number of ketones is 1. The molecule has 188 valence electrons. The molecule has 35 heavy (non-hydrogen) atoms. The molecule has 0 spiro atoms. The lowest BCUT2D eigenvalue weighted by atomic mass is 9.79. The second-order valence-corrected chi connectivity index (χ2v) is 8.61. The van der Waals surface area contributed by atoms with Gasteiger partial charge in [-0.3, -0.25) is 14.4 Å². The molecule has 0 aliphatic carbocycles. The Balaban J connectivity index is 2.35. The van der Waals surface area contributed by atoms with Crippen molar-refractivity contribution in [3.05, 3.63) is 51.6 Å². The predicted molar refractivity (Wildman–Crippen MR) is 121 cm³/mol. The highest BCUT2D eigenvalue weighted by Gasteiger charge is 2.53. The number of nitrogens with one attached hydrogen (secondary N) is 2. The molecule has 2 rings (SSSR count). The van der Waals surface area contributed by atoms with E-state index < -0.39 is 41.0 Å². The minimum Gasteiger partial charge on any atom is -0.346 e. The quantitative estimate of drug-likeness (QED) is 0.311. The summed E-state index contributed by atoms with van der Waals surface area (Å²) in [5.74, 6) is -4.11. The Hall–Kier alpha value is -3.39. The molecule has 0 saturated heterocycles. The monoisotopic (exact) mass is 514 g/mol. The van der Waals surface area contributed by atoms with Gasteiger partial charge in [0.1, 0.15) is 17.6 Å². The maximum Gasteiger partial charge on any atom is 0.396 e. The van der Waals surface area contributed by atoms with Crippen LogP contribution in [0.3, 0.4) is 0 Å². The molecule has 2 unspecified atom stereocenters. The van der Waals surface area contributed by atoms with E-state index in [9.17, 15) is 31.9 Å². The summed E-state index contributed by atoms with van der Waals surface area (Å²) >= 11 is 6.27. The minimum atomic E-state index is -4.63. The zero-order chi connectivity index (χ0) is 26.9. The van der Waals surface area contributed by atoms with E-state index in [0.717, 1.165) is 26.0 Å². The molecule has 2 aromatic rings. The number of amides is 2. The molecular weight excluding hydrogens is 492 g/mol. The zero-order valence-corrected chi connectivity index (χ0v) is 20.3. The Labute approximate surface area is 204 Å². The van der Waals surface area contributed by atoms with Crippen molar-refractivity contribution in [2.24, 2.45) is 12.5 Å². The van der Waals surface area contributed by atoms with Crippen molar-refractivity contribution in [1.29, 1.82) is 5.26 Å². The largest absolute Gasteiger partial charge is 0.396 e. The number of carbonyl (C=O) groups is 3. The number of carbonyl (C=O) groups excluding carboxylic acids is 3. The lowest BCUT2D eigenvalue weighted by Crippen LogP contribution is -2.53. The molecule has 0 aliphatic rings. The number of nitriles is 1. The molecule has 0 fully saturated rings. The summed E-state index contributed by atoms with van der Waals surface area (Å²) in [5, 5.41) is 13.1. The van der Waals surface area contributed by atoms with Crippen molar-refractivity contribution in [2.45, 2.75) is 46.3 Å². The number of Topliss-reactive ketones (excluding diaryl/α,β-unsaturated/α-hetero) is 1. The van der Waals surface area contributed by atoms with E-state index in [4.69, 9.17) is 16.9 Å². The van der Waals surface area contributed by atoms with Crippen LogP contribution in [0.5, 0.6) is 0 Å². The average Bonchev–Trinajstić information content (AvgIpc) is 3.00. The molecule has 0 radical (unpaired) electrons. The smallest absolute Gasteiger partial charge is 0.346 e. The zero-order valence-electron chi connectivity index (χ0n) is 19.5. The van der Waals surface area contributed by atoms with Gasteiger partial charge in [-0.15, -0.1) is 0 Å². The van der Waals surface area contributed by atoms with E-state index in [-0.39, 0.29) is 39.6 Å². The molecule has 2 atom stereocenters. The van der Waals surface area contributed by atoms with Crippen molar-refractivity contribution in [1.82, 2.24) is 9.88 Å². The maximum atomic E-state index is 13.5. The first-order valence-corrected chi connectivity index (χ1v) is 10.8. The number of hydrogen-bond donors (Lipinski definition) is 2. The van der Waals surface area contributed by atoms with Crippen molar-refractivity contribution in [2.75, 3.05) is 5.32 Å². The summed E-state index contributed by atoms with van der Waals surface area (Å²) in [5.41, 5.74) is -2.94. The van der Waals surface area contributed by atoms with Gasteiger partial charge in [0.2, 0.25) is 0 Å². The van der Waals surface area contributed by atoms with E-state index in [1.54, 1.807) is 6.07 Å². The van der Waals surface area contributed by atoms with E-state index in [1.165, 1.54) is 31.5 Å². The third-order valence-electron chi connectivity index (χ3n) is 6.31. The Morgan fingerprint density at radius 2 is 1.86 bits per heavy atom. The van der Waals surface area contributed by atoms with Crippen LogP contribution < -0.4 is 10.6 Å². The number of benzene rings is 1. The lowest BCUT2D eigenvalue weighted by molar-refractivity contribution is -0.227. The standard InChI is InChI=1S/C23H23ClF4N4O3/c1-6-22(4,23(26,27)28)12(3)30-21(35)19(33)16-11(2)32(5)18(17(16)24)20(34)31-14-7-8-15(25)13(9-14)10-29/h7-9,12H,6H2,1-5H3,(H,30,35)(H,31,34). The number of rotatable bonds is 7. The van der Waals surface area contributed by atoms with Crippen LogP contribution in [0.2, 0.25) is 5.02 Å². The van der Waals surface area contributed by atoms with Gasteiger partial charge in [0.25, 0.3) is 17.6 Å². The number of anilines is 1. The molecule has 1 heterocycles. The third-order valence-corrected chi connectivity index (χ3v) is 6.67. The normalized spacial score (nSPS) is 14.0. The second kappa shape index (κ2) is 10.1. The Morgan fingerprint density at radius 3 is 2.37 bits per heavy atom. The van der Waals surface area contributed by atoms with E-state index >= 15 is 0 Å². The van der Waals surface area contributed by atoms with Gasteiger partial charge in [-0.1, -0.05) is 18.5 Å². The number of halogens is 5. The van der Waals surface area contributed by atoms with Gasteiger partial charge < -0.3 is 15.2 Å². The number of alkyl halides is 3. The van der Waals surface area contributed by atoms with Crippen LogP contribution in [0.1, 0.15) is 59.3 Å². The number of aromatic nitrogens is 1. The summed E-state index contributed by atoms with van der Waals surface area (Å²) in [6, 6.07) is 3.50. The number of nitrogens with zero attached hydrogens (tertiary/aromatic N) is 2. The van der Waals surface area contributed by atoms with Gasteiger partial charge in [0, 0.05) is 24.5 Å². The van der Waals surface area contributed by atoms with E-state index in [0.29, 0.717) is 0 Å². The van der Waals surface area contributed by atoms with Crippen LogP contribution in [0.4, 0.5) is 23.2 Å². The van der Waals surface area contributed by atoms with Gasteiger partial charge in [-0.25, -0.2) is 4.39 Å². The molecule has 12 heteroatoms. The summed E-state index contributed by atoms with van der Waals surface area (Å²) in [6.45, 7) is 4.82. The first-order valence-electron chi connectivity index (χ1n) is 10.4. The highest BCUT2D eigenvalue weighted by molar-refractivity contribution is 6.48. The third kappa shape index (κ3) is 5.17. The molecule has 1 aromatic heterocycles. The first kappa shape index (κ1) is 27.9. The van der Waals surface area contributed by atoms with Gasteiger partial charge in [0.05, 0.1) is 21.6 Å². The SMILES string of the molecule is CCC(C)(C(C)NC(=O)C(=O)c1c(Cl)c(C(=O)Nc2ccc(F)c(C#N)c2)n(C)c1C)C(F)(F)F. The van der Waals surface area contributed by atoms with Crippen LogP contribution in [0.25, 0.3) is 0 Å². The Bertz CT molecular complexity index is 1230.